The van der Waals surface area contributed by atoms with Crippen molar-refractivity contribution in [3.05, 3.63) is 59.9 Å². The third-order valence-corrected chi connectivity index (χ3v) is 6.90. The van der Waals surface area contributed by atoms with E-state index in [9.17, 15) is 0 Å². The first-order chi connectivity index (χ1) is 14.1. The Bertz CT molecular complexity index is 812. The van der Waals surface area contributed by atoms with Gasteiger partial charge in [-0.05, 0) is 49.9 Å². The molecule has 4 nitrogen and oxygen atoms in total. The van der Waals surface area contributed by atoms with Crippen LogP contribution in [-0.2, 0) is 4.74 Å². The molecule has 4 rings (SSSR count). The summed E-state index contributed by atoms with van der Waals surface area (Å²) in [6.45, 7) is 11.9. The summed E-state index contributed by atoms with van der Waals surface area (Å²) in [6, 6.07) is 7.61. The van der Waals surface area contributed by atoms with Gasteiger partial charge in [0.25, 0.3) is 0 Å². The molecule has 0 N–H and O–H groups in total. The lowest BCUT2D eigenvalue weighted by molar-refractivity contribution is 0.191. The Kier molecular flexibility index (Phi) is 6.00. The highest BCUT2D eigenvalue weighted by atomic mass is 16.5. The molecule has 0 aliphatic carbocycles. The van der Waals surface area contributed by atoms with Gasteiger partial charge in [0.1, 0.15) is 5.76 Å². The topological polar surface area (TPSA) is 19.0 Å². The highest BCUT2D eigenvalue weighted by Gasteiger charge is 2.44. The van der Waals surface area contributed by atoms with E-state index in [0.717, 1.165) is 31.7 Å². The number of para-hydroxylation sites is 1. The van der Waals surface area contributed by atoms with Crippen LogP contribution in [0.4, 0.5) is 11.4 Å². The third kappa shape index (κ3) is 3.83. The molecule has 1 aromatic carbocycles. The predicted molar refractivity (Wildman–Crippen MR) is 123 cm³/mol. The van der Waals surface area contributed by atoms with E-state index in [2.05, 4.69) is 64.8 Å². The fourth-order valence-electron chi connectivity index (χ4n) is 5.33. The van der Waals surface area contributed by atoms with E-state index in [4.69, 9.17) is 4.74 Å². The normalized spacial score (nSPS) is 24.0. The first-order valence-electron chi connectivity index (χ1n) is 11.0. The number of nitrogens with zero attached hydrogens (tertiary/aromatic N) is 3. The molecule has 4 heteroatoms. The van der Waals surface area contributed by atoms with Crippen molar-refractivity contribution in [1.29, 1.82) is 0 Å². The van der Waals surface area contributed by atoms with Crippen LogP contribution in [0, 0.1) is 0 Å². The molecule has 29 heavy (non-hydrogen) atoms. The zero-order valence-corrected chi connectivity index (χ0v) is 18.2. The maximum Gasteiger partial charge on any atom is 0.114 e. The Labute approximate surface area is 176 Å². The number of likely N-dealkylation sites (N-methyl/N-ethyl adjacent to an activating group) is 1. The molecule has 0 unspecified atom stereocenters. The smallest absolute Gasteiger partial charge is 0.114 e. The predicted octanol–water partition coefficient (Wildman–Crippen LogP) is 4.56. The van der Waals surface area contributed by atoms with Crippen LogP contribution in [0.1, 0.15) is 37.7 Å². The molecule has 0 saturated carbocycles. The number of fused-ring (bicyclic) bond motifs is 3. The average Bonchev–Trinajstić information content (AvgIpc) is 3.07. The Morgan fingerprint density at radius 2 is 2.14 bits per heavy atom. The summed E-state index contributed by atoms with van der Waals surface area (Å²) in [4.78, 5) is 7.81. The van der Waals surface area contributed by atoms with Crippen molar-refractivity contribution in [3.63, 3.8) is 0 Å². The van der Waals surface area contributed by atoms with E-state index in [0.29, 0.717) is 12.0 Å². The summed E-state index contributed by atoms with van der Waals surface area (Å²) in [7, 11) is 3.94. The molecule has 0 radical (unpaired) electrons. The Hall–Kier alpha value is -2.20. The van der Waals surface area contributed by atoms with E-state index in [1.807, 2.05) is 6.92 Å². The highest BCUT2D eigenvalue weighted by Crippen LogP contribution is 2.50. The van der Waals surface area contributed by atoms with Gasteiger partial charge in [-0.15, -0.1) is 0 Å². The van der Waals surface area contributed by atoms with Gasteiger partial charge < -0.3 is 19.4 Å². The van der Waals surface area contributed by atoms with Gasteiger partial charge in [0.15, 0.2) is 0 Å². The van der Waals surface area contributed by atoms with Crippen molar-refractivity contribution < 1.29 is 4.74 Å². The van der Waals surface area contributed by atoms with Gasteiger partial charge in [0, 0.05) is 45.2 Å². The van der Waals surface area contributed by atoms with Crippen LogP contribution in [0.2, 0.25) is 0 Å². The van der Waals surface area contributed by atoms with Crippen LogP contribution in [-0.4, -0.2) is 57.8 Å². The maximum atomic E-state index is 5.38. The lowest BCUT2D eigenvalue weighted by atomic mass is 9.89. The molecule has 0 bridgehead atoms. The molecule has 2 atom stereocenters. The molecule has 0 amide bonds. The second kappa shape index (κ2) is 8.66. The van der Waals surface area contributed by atoms with E-state index in [1.54, 1.807) is 12.7 Å². The van der Waals surface area contributed by atoms with E-state index in [-0.39, 0.29) is 0 Å². The monoisotopic (exact) mass is 393 g/mol. The van der Waals surface area contributed by atoms with Crippen molar-refractivity contribution in [2.24, 2.45) is 0 Å². The molecular weight excluding hydrogens is 358 g/mol. The highest BCUT2D eigenvalue weighted by molar-refractivity contribution is 5.80. The molecule has 1 fully saturated rings. The van der Waals surface area contributed by atoms with E-state index in [1.165, 1.54) is 43.0 Å². The zero-order valence-electron chi connectivity index (χ0n) is 18.2. The largest absolute Gasteiger partial charge is 0.497 e. The van der Waals surface area contributed by atoms with E-state index < -0.39 is 0 Å². The van der Waals surface area contributed by atoms with Crippen molar-refractivity contribution in [2.45, 2.75) is 38.1 Å². The number of hydrogen-bond acceptors (Lipinski definition) is 4. The zero-order chi connectivity index (χ0) is 20.4. The van der Waals surface area contributed by atoms with Gasteiger partial charge in [-0.1, -0.05) is 36.9 Å². The molecular formula is C25H35N3O. The lowest BCUT2D eigenvalue weighted by Gasteiger charge is -2.41. The number of piperidine rings is 1. The van der Waals surface area contributed by atoms with Crippen LogP contribution in [0.15, 0.2) is 54.3 Å². The molecule has 0 aromatic heterocycles. The minimum absolute atomic E-state index is 0.650. The number of ether oxygens (including phenoxy) is 1. The molecule has 0 spiro atoms. The van der Waals surface area contributed by atoms with Crippen LogP contribution < -0.4 is 9.80 Å². The van der Waals surface area contributed by atoms with Crippen molar-refractivity contribution in [1.82, 2.24) is 4.90 Å². The van der Waals surface area contributed by atoms with Crippen LogP contribution in [0.5, 0.6) is 0 Å². The summed E-state index contributed by atoms with van der Waals surface area (Å²) >= 11 is 0. The SMILES string of the molecule is C=C(OC)/C(=C\C=C/C)CCCN1CC[C@H]2[C@@H](C1)c1cccc3c1N2CCN3C. The van der Waals surface area contributed by atoms with Crippen molar-refractivity contribution in [3.8, 4) is 0 Å². The number of allylic oxidation sites excluding steroid dienone is 4. The molecule has 3 heterocycles. The Balaban J connectivity index is 1.41. The standard InChI is InChI=1S/C25H35N3O/c1-5-6-9-20(19(2)29-4)10-8-14-27-15-13-23-22(18-27)21-11-7-12-24-25(21)28(23)17-16-26(24)3/h5-7,9,11-12,22-23H,2,8,10,13-18H2,1,3-4H3/b6-5-,20-9-/t22-,23-/m0/s1. The quantitative estimate of drug-likeness (QED) is 0.499. The number of hydrogen-bond donors (Lipinski definition) is 0. The summed E-state index contributed by atoms with van der Waals surface area (Å²) in [6.07, 6.45) is 9.69. The fourth-order valence-corrected chi connectivity index (χ4v) is 5.33. The van der Waals surface area contributed by atoms with Gasteiger partial charge in [-0.3, -0.25) is 0 Å². The van der Waals surface area contributed by atoms with Crippen LogP contribution in [0.3, 0.4) is 0 Å². The molecule has 3 aliphatic rings. The summed E-state index contributed by atoms with van der Waals surface area (Å²) in [5.74, 6) is 1.44. The lowest BCUT2D eigenvalue weighted by Crippen LogP contribution is -2.49. The summed E-state index contributed by atoms with van der Waals surface area (Å²) in [5, 5.41) is 0. The second-order valence-electron chi connectivity index (χ2n) is 8.54. The molecule has 1 aromatic rings. The molecule has 156 valence electrons. The van der Waals surface area contributed by atoms with E-state index >= 15 is 0 Å². The Morgan fingerprint density at radius 3 is 2.93 bits per heavy atom. The number of benzene rings is 1. The van der Waals surface area contributed by atoms with Gasteiger partial charge in [-0.2, -0.15) is 0 Å². The Morgan fingerprint density at radius 1 is 1.28 bits per heavy atom. The maximum absolute atomic E-state index is 5.38. The van der Waals surface area contributed by atoms with Crippen LogP contribution >= 0.6 is 0 Å². The third-order valence-electron chi connectivity index (χ3n) is 6.90. The van der Waals surface area contributed by atoms with Crippen molar-refractivity contribution in [2.75, 3.05) is 56.7 Å². The minimum Gasteiger partial charge on any atom is -0.497 e. The number of anilines is 2. The second-order valence-corrected chi connectivity index (χ2v) is 8.54. The van der Waals surface area contributed by atoms with Crippen LogP contribution in [0.25, 0.3) is 0 Å². The number of rotatable bonds is 7. The number of methoxy groups -OCH3 is 1. The minimum atomic E-state index is 0.650. The average molecular weight is 394 g/mol. The van der Waals surface area contributed by atoms with Gasteiger partial charge in [-0.25, -0.2) is 0 Å². The van der Waals surface area contributed by atoms with Gasteiger partial charge in [0.05, 0.1) is 18.5 Å². The van der Waals surface area contributed by atoms with Crippen molar-refractivity contribution >= 4 is 11.4 Å². The first kappa shape index (κ1) is 20.1. The first-order valence-corrected chi connectivity index (χ1v) is 11.0. The van der Waals surface area contributed by atoms with Gasteiger partial charge >= 0.3 is 0 Å². The fraction of sp³-hybridized carbons (Fsp3) is 0.520. The van der Waals surface area contributed by atoms with Gasteiger partial charge in [0.2, 0.25) is 0 Å². The summed E-state index contributed by atoms with van der Waals surface area (Å²) in [5.41, 5.74) is 5.72. The summed E-state index contributed by atoms with van der Waals surface area (Å²) < 4.78 is 5.38. The number of likely N-dealkylation sites (tertiary alicyclic amines) is 1. The molecule has 1 saturated heterocycles. The molecule has 3 aliphatic heterocycles.